The second-order valence-electron chi connectivity index (χ2n) is 6.53. The van der Waals surface area contributed by atoms with Crippen molar-refractivity contribution in [1.82, 2.24) is 5.32 Å². The van der Waals surface area contributed by atoms with Gasteiger partial charge in [-0.1, -0.05) is 36.4 Å². The van der Waals surface area contributed by atoms with Crippen molar-refractivity contribution in [2.45, 2.75) is 17.4 Å². The van der Waals surface area contributed by atoms with Crippen LogP contribution in [0.15, 0.2) is 83.8 Å². The maximum atomic E-state index is 12.6. The molecule has 6 nitrogen and oxygen atoms in total. The minimum Gasteiger partial charge on any atom is -0.457 e. The van der Waals surface area contributed by atoms with Crippen LogP contribution in [0, 0.1) is 0 Å². The molecule has 0 spiro atoms. The summed E-state index contributed by atoms with van der Waals surface area (Å²) in [6.45, 7) is 0. The van der Waals surface area contributed by atoms with Gasteiger partial charge in [0.15, 0.2) is 0 Å². The highest BCUT2D eigenvalue weighted by Crippen LogP contribution is 2.26. The molecule has 0 saturated carbocycles. The SMILES string of the molecule is CSc1cccc(NC(=O)C[C@@H](NC(N)=O)c2cccc(Oc3ccccc3)c2)c1. The van der Waals surface area contributed by atoms with Crippen LogP contribution in [0.25, 0.3) is 0 Å². The van der Waals surface area contributed by atoms with Gasteiger partial charge in [-0.2, -0.15) is 0 Å². The molecule has 0 aliphatic carbocycles. The molecule has 0 fully saturated rings. The Kier molecular flexibility index (Phi) is 7.34. The standard InChI is InChI=1S/C23H23N3O3S/c1-30-20-12-6-8-17(14-20)25-22(27)15-21(26-23(24)28)16-7-5-11-19(13-16)29-18-9-3-2-4-10-18/h2-14,21H,15H2,1H3,(H,25,27)(H3,24,26,28)/t21-/m1/s1. The first-order valence-corrected chi connectivity index (χ1v) is 10.6. The van der Waals surface area contributed by atoms with Crippen LogP contribution in [0.1, 0.15) is 18.0 Å². The summed E-state index contributed by atoms with van der Waals surface area (Å²) in [5.41, 5.74) is 6.76. The summed E-state index contributed by atoms with van der Waals surface area (Å²) < 4.78 is 5.85. The van der Waals surface area contributed by atoms with Gasteiger partial charge < -0.3 is 21.1 Å². The van der Waals surface area contributed by atoms with Crippen molar-refractivity contribution in [1.29, 1.82) is 0 Å². The number of anilines is 1. The number of amides is 3. The molecule has 154 valence electrons. The zero-order valence-corrected chi connectivity index (χ0v) is 17.3. The molecule has 0 aliphatic heterocycles. The Hall–Kier alpha value is -3.45. The fraction of sp³-hybridized carbons (Fsp3) is 0.130. The maximum absolute atomic E-state index is 12.6. The van der Waals surface area contributed by atoms with Crippen molar-refractivity contribution in [3.05, 3.63) is 84.4 Å². The molecule has 0 radical (unpaired) electrons. The van der Waals surface area contributed by atoms with Gasteiger partial charge >= 0.3 is 6.03 Å². The summed E-state index contributed by atoms with van der Waals surface area (Å²) in [6, 6.07) is 22.9. The largest absolute Gasteiger partial charge is 0.457 e. The lowest BCUT2D eigenvalue weighted by molar-refractivity contribution is -0.116. The van der Waals surface area contributed by atoms with Crippen LogP contribution in [0.4, 0.5) is 10.5 Å². The van der Waals surface area contributed by atoms with E-state index in [9.17, 15) is 9.59 Å². The molecule has 4 N–H and O–H groups in total. The fourth-order valence-corrected chi connectivity index (χ4v) is 3.40. The van der Waals surface area contributed by atoms with Gasteiger partial charge in [0.05, 0.1) is 12.5 Å². The monoisotopic (exact) mass is 421 g/mol. The third-order valence-corrected chi connectivity index (χ3v) is 5.02. The van der Waals surface area contributed by atoms with E-state index in [1.807, 2.05) is 79.1 Å². The van der Waals surface area contributed by atoms with E-state index in [0.717, 1.165) is 10.5 Å². The van der Waals surface area contributed by atoms with E-state index in [0.29, 0.717) is 17.2 Å². The summed E-state index contributed by atoms with van der Waals surface area (Å²) >= 11 is 1.59. The first-order chi connectivity index (χ1) is 14.5. The Morgan fingerprint density at radius 2 is 1.70 bits per heavy atom. The van der Waals surface area contributed by atoms with Crippen LogP contribution in [-0.4, -0.2) is 18.2 Å². The molecule has 3 amide bonds. The average Bonchev–Trinajstić information content (AvgIpc) is 2.74. The smallest absolute Gasteiger partial charge is 0.312 e. The number of urea groups is 1. The van der Waals surface area contributed by atoms with Crippen LogP contribution >= 0.6 is 11.8 Å². The first-order valence-electron chi connectivity index (χ1n) is 9.36. The predicted octanol–water partition coefficient (Wildman–Crippen LogP) is 4.94. The molecule has 0 aromatic heterocycles. The Balaban J connectivity index is 1.74. The van der Waals surface area contributed by atoms with Crippen LogP contribution in [0.2, 0.25) is 0 Å². The van der Waals surface area contributed by atoms with Gasteiger partial charge in [-0.25, -0.2) is 4.79 Å². The van der Waals surface area contributed by atoms with Crippen molar-refractivity contribution in [2.75, 3.05) is 11.6 Å². The number of para-hydroxylation sites is 1. The molecule has 0 heterocycles. The van der Waals surface area contributed by atoms with Gasteiger partial charge in [-0.05, 0) is 54.3 Å². The van der Waals surface area contributed by atoms with E-state index < -0.39 is 12.1 Å². The zero-order valence-electron chi connectivity index (χ0n) is 16.5. The van der Waals surface area contributed by atoms with E-state index in [4.69, 9.17) is 10.5 Å². The number of hydrogen-bond acceptors (Lipinski definition) is 4. The van der Waals surface area contributed by atoms with Crippen molar-refractivity contribution in [3.8, 4) is 11.5 Å². The summed E-state index contributed by atoms with van der Waals surface area (Å²) in [7, 11) is 0. The molecule has 1 atom stereocenters. The Morgan fingerprint density at radius 1 is 0.967 bits per heavy atom. The van der Waals surface area contributed by atoms with Crippen LogP contribution in [-0.2, 0) is 4.79 Å². The van der Waals surface area contributed by atoms with Crippen molar-refractivity contribution in [3.63, 3.8) is 0 Å². The normalized spacial score (nSPS) is 11.4. The van der Waals surface area contributed by atoms with E-state index in [1.165, 1.54) is 0 Å². The third-order valence-electron chi connectivity index (χ3n) is 4.30. The van der Waals surface area contributed by atoms with E-state index in [-0.39, 0.29) is 12.3 Å². The first kappa shape index (κ1) is 21.3. The molecule has 0 unspecified atom stereocenters. The van der Waals surface area contributed by atoms with Gasteiger partial charge in [-0.3, -0.25) is 4.79 Å². The van der Waals surface area contributed by atoms with Gasteiger partial charge in [0.25, 0.3) is 0 Å². The van der Waals surface area contributed by atoms with E-state index in [1.54, 1.807) is 17.8 Å². The number of carbonyl (C=O) groups is 2. The Morgan fingerprint density at radius 3 is 2.43 bits per heavy atom. The number of hydrogen-bond donors (Lipinski definition) is 3. The van der Waals surface area contributed by atoms with Gasteiger partial charge in [-0.15, -0.1) is 11.8 Å². The lowest BCUT2D eigenvalue weighted by Gasteiger charge is -2.19. The topological polar surface area (TPSA) is 93.5 Å². The highest BCUT2D eigenvalue weighted by molar-refractivity contribution is 7.98. The van der Waals surface area contributed by atoms with Crippen LogP contribution in [0.5, 0.6) is 11.5 Å². The number of nitrogens with one attached hydrogen (secondary N) is 2. The van der Waals surface area contributed by atoms with E-state index in [2.05, 4.69) is 10.6 Å². The number of ether oxygens (including phenoxy) is 1. The van der Waals surface area contributed by atoms with Crippen LogP contribution in [0.3, 0.4) is 0 Å². The summed E-state index contributed by atoms with van der Waals surface area (Å²) in [4.78, 5) is 25.2. The molecule has 0 saturated heterocycles. The number of nitrogens with two attached hydrogens (primary N) is 1. The number of benzene rings is 3. The van der Waals surface area contributed by atoms with E-state index >= 15 is 0 Å². The fourth-order valence-electron chi connectivity index (χ4n) is 2.94. The Labute approximate surface area is 179 Å². The third kappa shape index (κ3) is 6.28. The second-order valence-corrected chi connectivity index (χ2v) is 7.41. The molecule has 30 heavy (non-hydrogen) atoms. The summed E-state index contributed by atoms with van der Waals surface area (Å²) in [5, 5.41) is 5.51. The molecule has 3 rings (SSSR count). The van der Waals surface area contributed by atoms with Crippen molar-refractivity contribution >= 4 is 29.4 Å². The minimum absolute atomic E-state index is 0.0290. The highest BCUT2D eigenvalue weighted by atomic mass is 32.2. The second kappa shape index (κ2) is 10.4. The lowest BCUT2D eigenvalue weighted by atomic mass is 10.0. The molecule has 0 bridgehead atoms. The van der Waals surface area contributed by atoms with Crippen molar-refractivity contribution in [2.24, 2.45) is 5.73 Å². The predicted molar refractivity (Wildman–Crippen MR) is 120 cm³/mol. The molecule has 3 aromatic rings. The summed E-state index contributed by atoms with van der Waals surface area (Å²) in [5.74, 6) is 1.06. The molecule has 0 aliphatic rings. The number of thioether (sulfide) groups is 1. The molecular weight excluding hydrogens is 398 g/mol. The highest BCUT2D eigenvalue weighted by Gasteiger charge is 2.18. The maximum Gasteiger partial charge on any atom is 0.312 e. The lowest BCUT2D eigenvalue weighted by Crippen LogP contribution is -2.35. The molecular formula is C23H23N3O3S. The van der Waals surface area contributed by atoms with Crippen molar-refractivity contribution < 1.29 is 14.3 Å². The number of carbonyl (C=O) groups excluding carboxylic acids is 2. The van der Waals surface area contributed by atoms with Gasteiger partial charge in [0.1, 0.15) is 11.5 Å². The molecule has 3 aromatic carbocycles. The van der Waals surface area contributed by atoms with Gasteiger partial charge in [0.2, 0.25) is 5.91 Å². The minimum atomic E-state index is -0.702. The molecule has 7 heteroatoms. The zero-order chi connectivity index (χ0) is 21.3. The Bertz CT molecular complexity index is 1010. The average molecular weight is 422 g/mol. The number of primary amides is 1. The van der Waals surface area contributed by atoms with Gasteiger partial charge in [0, 0.05) is 10.6 Å². The summed E-state index contributed by atoms with van der Waals surface area (Å²) in [6.07, 6.45) is 2.00. The quantitative estimate of drug-likeness (QED) is 0.449. The number of rotatable bonds is 8. The van der Waals surface area contributed by atoms with Crippen LogP contribution < -0.4 is 21.1 Å².